The largest absolute Gasteiger partial charge is 0.478 e. The smallest absolute Gasteiger partial charge is 0.336 e. The van der Waals surface area contributed by atoms with Gasteiger partial charge in [-0.15, -0.1) is 0 Å². The summed E-state index contributed by atoms with van der Waals surface area (Å²) in [5, 5.41) is 8.94. The summed E-state index contributed by atoms with van der Waals surface area (Å²) in [5.41, 5.74) is 4.92. The summed E-state index contributed by atoms with van der Waals surface area (Å²) in [4.78, 5) is 21.7. The number of carbonyl (C=O) groups is 2. The van der Waals surface area contributed by atoms with Crippen LogP contribution in [0, 0.1) is 0 Å². The third kappa shape index (κ3) is 3.94. The van der Waals surface area contributed by atoms with Crippen molar-refractivity contribution in [3.8, 4) is 0 Å². The number of nitrogens with two attached hydrogens (primary N) is 1. The number of amides is 1. The molecule has 0 aliphatic heterocycles. The maximum atomic E-state index is 11.8. The first-order chi connectivity index (χ1) is 7.91. The first-order valence-electron chi connectivity index (χ1n) is 4.61. The lowest BCUT2D eigenvalue weighted by Gasteiger charge is -2.06. The highest BCUT2D eigenvalue weighted by molar-refractivity contribution is 9.10. The van der Waals surface area contributed by atoms with E-state index in [4.69, 9.17) is 10.8 Å². The van der Waals surface area contributed by atoms with Gasteiger partial charge in [0.2, 0.25) is 5.91 Å². The van der Waals surface area contributed by atoms with Crippen molar-refractivity contribution in [1.29, 1.82) is 0 Å². The molecule has 1 rings (SSSR count). The van der Waals surface area contributed by atoms with Gasteiger partial charge in [0.25, 0.3) is 0 Å². The Bertz CT molecular complexity index is 489. The average molecular weight is 320 g/mol. The number of benzene rings is 1. The van der Waals surface area contributed by atoms with Crippen LogP contribution in [0.2, 0.25) is 0 Å². The van der Waals surface area contributed by atoms with Crippen LogP contribution >= 0.6 is 15.9 Å². The van der Waals surface area contributed by atoms with Crippen molar-refractivity contribution >= 4 is 38.6 Å². The summed E-state index contributed by atoms with van der Waals surface area (Å²) in [6, 6.07) is 4.39. The van der Waals surface area contributed by atoms with Gasteiger partial charge in [0.1, 0.15) is 0 Å². The van der Waals surface area contributed by atoms with Gasteiger partial charge in [-0.2, -0.15) is 0 Å². The molecule has 0 heterocycles. The predicted octanol–water partition coefficient (Wildman–Crippen LogP) is 1.13. The van der Waals surface area contributed by atoms with Crippen LogP contribution < -0.4 is 5.73 Å². The molecule has 17 heavy (non-hydrogen) atoms. The number of hydrogen-bond acceptors (Lipinski definition) is 3. The molecule has 92 valence electrons. The van der Waals surface area contributed by atoms with Gasteiger partial charge in [-0.05, 0) is 18.2 Å². The van der Waals surface area contributed by atoms with Gasteiger partial charge in [0.05, 0.1) is 21.3 Å². The molecular weight excluding hydrogens is 310 g/mol. The van der Waals surface area contributed by atoms with Crippen LogP contribution in [-0.2, 0) is 15.6 Å². The SMILES string of the molecule is NC(=O)CCS(=O)c1cc(Br)ccc1C(=O)O. The molecule has 1 atom stereocenters. The third-order valence-corrected chi connectivity index (χ3v) is 3.85. The molecule has 0 saturated carbocycles. The fraction of sp³-hybridized carbons (Fsp3) is 0.200. The monoisotopic (exact) mass is 319 g/mol. The molecule has 0 saturated heterocycles. The van der Waals surface area contributed by atoms with Crippen LogP contribution in [-0.4, -0.2) is 26.9 Å². The third-order valence-electron chi connectivity index (χ3n) is 1.95. The Morgan fingerprint density at radius 1 is 1.41 bits per heavy atom. The van der Waals surface area contributed by atoms with Crippen molar-refractivity contribution in [3.05, 3.63) is 28.2 Å². The Labute approximate surface area is 109 Å². The van der Waals surface area contributed by atoms with Crippen molar-refractivity contribution in [2.75, 3.05) is 5.75 Å². The predicted molar refractivity (Wildman–Crippen MR) is 66.2 cm³/mol. The Morgan fingerprint density at radius 2 is 2.06 bits per heavy atom. The molecule has 7 heteroatoms. The number of carboxylic acids is 1. The minimum absolute atomic E-state index is 0.0199. The van der Waals surface area contributed by atoms with Crippen LogP contribution in [0.25, 0.3) is 0 Å². The second-order valence-electron chi connectivity index (χ2n) is 3.21. The van der Waals surface area contributed by atoms with E-state index in [0.717, 1.165) is 0 Å². The molecule has 0 fully saturated rings. The standard InChI is InChI=1S/C10H10BrNO4S/c11-6-1-2-7(10(14)15)8(5-6)17(16)4-3-9(12)13/h1-2,5H,3-4H2,(H2,12,13)(H,14,15). The zero-order chi connectivity index (χ0) is 13.0. The number of hydrogen-bond donors (Lipinski definition) is 2. The molecule has 5 nitrogen and oxygen atoms in total. The summed E-state index contributed by atoms with van der Waals surface area (Å²) in [6.07, 6.45) is -0.0435. The van der Waals surface area contributed by atoms with Gasteiger partial charge < -0.3 is 10.8 Å². The van der Waals surface area contributed by atoms with Crippen molar-refractivity contribution in [3.63, 3.8) is 0 Å². The fourth-order valence-electron chi connectivity index (χ4n) is 1.16. The Morgan fingerprint density at radius 3 is 2.59 bits per heavy atom. The zero-order valence-corrected chi connectivity index (χ0v) is 11.1. The van der Waals surface area contributed by atoms with Gasteiger partial charge in [-0.25, -0.2) is 4.79 Å². The second-order valence-corrected chi connectivity index (χ2v) is 5.67. The molecule has 0 spiro atoms. The summed E-state index contributed by atoms with van der Waals surface area (Å²) < 4.78 is 12.5. The molecule has 1 amide bonds. The second kappa shape index (κ2) is 5.92. The molecule has 0 radical (unpaired) electrons. The van der Waals surface area contributed by atoms with E-state index in [1.54, 1.807) is 6.07 Å². The lowest BCUT2D eigenvalue weighted by atomic mass is 10.2. The van der Waals surface area contributed by atoms with Crippen molar-refractivity contribution < 1.29 is 18.9 Å². The van der Waals surface area contributed by atoms with Crippen LogP contribution in [0.1, 0.15) is 16.8 Å². The van der Waals surface area contributed by atoms with Gasteiger partial charge in [-0.3, -0.25) is 9.00 Å². The number of halogens is 1. The molecule has 0 aromatic heterocycles. The minimum atomic E-state index is -1.56. The Balaban J connectivity index is 3.02. The molecule has 0 bridgehead atoms. The number of carboxylic acid groups (broad SMARTS) is 1. The summed E-state index contributed by atoms with van der Waals surface area (Å²) in [5.74, 6) is -1.70. The highest BCUT2D eigenvalue weighted by Gasteiger charge is 2.16. The molecule has 0 aliphatic rings. The average Bonchev–Trinajstić information content (AvgIpc) is 2.25. The minimum Gasteiger partial charge on any atom is -0.478 e. The van der Waals surface area contributed by atoms with E-state index in [-0.39, 0.29) is 22.6 Å². The van der Waals surface area contributed by atoms with E-state index in [2.05, 4.69) is 15.9 Å². The van der Waals surface area contributed by atoms with E-state index in [1.165, 1.54) is 12.1 Å². The topological polar surface area (TPSA) is 97.5 Å². The highest BCUT2D eigenvalue weighted by Crippen LogP contribution is 2.20. The summed E-state index contributed by atoms with van der Waals surface area (Å²) in [6.45, 7) is 0. The van der Waals surface area contributed by atoms with Crippen LogP contribution in [0.4, 0.5) is 0 Å². The summed E-state index contributed by atoms with van der Waals surface area (Å²) >= 11 is 3.17. The van der Waals surface area contributed by atoms with Gasteiger partial charge >= 0.3 is 5.97 Å². The fourth-order valence-corrected chi connectivity index (χ4v) is 2.94. The first kappa shape index (κ1) is 13.9. The highest BCUT2D eigenvalue weighted by atomic mass is 79.9. The van der Waals surface area contributed by atoms with Gasteiger partial charge in [-0.1, -0.05) is 15.9 Å². The van der Waals surface area contributed by atoms with Crippen LogP contribution in [0.5, 0.6) is 0 Å². The van der Waals surface area contributed by atoms with Gasteiger partial charge in [0, 0.05) is 16.6 Å². The van der Waals surface area contributed by atoms with E-state index < -0.39 is 22.7 Å². The normalized spacial score (nSPS) is 12.1. The molecule has 1 unspecified atom stereocenters. The number of rotatable bonds is 5. The van der Waals surface area contributed by atoms with Crippen LogP contribution in [0.3, 0.4) is 0 Å². The van der Waals surface area contributed by atoms with E-state index >= 15 is 0 Å². The molecule has 0 aliphatic carbocycles. The zero-order valence-electron chi connectivity index (χ0n) is 8.68. The molecule has 1 aromatic carbocycles. The Hall–Kier alpha value is -1.21. The Kier molecular flexibility index (Phi) is 4.83. The number of aromatic carboxylic acids is 1. The number of primary amides is 1. The van der Waals surface area contributed by atoms with Crippen molar-refractivity contribution in [2.45, 2.75) is 11.3 Å². The number of carbonyl (C=O) groups excluding carboxylic acids is 1. The van der Waals surface area contributed by atoms with E-state index in [1.807, 2.05) is 0 Å². The van der Waals surface area contributed by atoms with Gasteiger partial charge in [0.15, 0.2) is 0 Å². The quantitative estimate of drug-likeness (QED) is 0.850. The lowest BCUT2D eigenvalue weighted by molar-refractivity contribution is -0.117. The molecular formula is C10H10BrNO4S. The summed E-state index contributed by atoms with van der Waals surface area (Å²) in [7, 11) is -1.56. The van der Waals surface area contributed by atoms with E-state index in [0.29, 0.717) is 4.47 Å². The first-order valence-corrected chi connectivity index (χ1v) is 6.72. The molecule has 3 N–H and O–H groups in total. The van der Waals surface area contributed by atoms with Crippen LogP contribution in [0.15, 0.2) is 27.6 Å². The molecule has 1 aromatic rings. The van der Waals surface area contributed by atoms with Crippen molar-refractivity contribution in [1.82, 2.24) is 0 Å². The maximum absolute atomic E-state index is 11.8. The van der Waals surface area contributed by atoms with Crippen molar-refractivity contribution in [2.24, 2.45) is 5.73 Å². The maximum Gasteiger partial charge on any atom is 0.336 e. The lowest BCUT2D eigenvalue weighted by Crippen LogP contribution is -2.15. The van der Waals surface area contributed by atoms with E-state index in [9.17, 15) is 13.8 Å².